The maximum Gasteiger partial charge on any atom is 0.244 e. The quantitative estimate of drug-likeness (QED) is 0.881. The third-order valence-electron chi connectivity index (χ3n) is 2.71. The van der Waals surface area contributed by atoms with Crippen LogP contribution in [0.1, 0.15) is 5.56 Å². The summed E-state index contributed by atoms with van der Waals surface area (Å²) in [6.07, 6.45) is 1.49. The molecule has 0 radical (unpaired) electrons. The van der Waals surface area contributed by atoms with Gasteiger partial charge in [0.2, 0.25) is 10.0 Å². The van der Waals surface area contributed by atoms with E-state index in [0.717, 1.165) is 0 Å². The first-order chi connectivity index (χ1) is 9.54. The summed E-state index contributed by atoms with van der Waals surface area (Å²) >= 11 is 0. The summed E-state index contributed by atoms with van der Waals surface area (Å²) in [6, 6.07) is 8.97. The molecular formula is C13H14FN3O2S. The summed E-state index contributed by atoms with van der Waals surface area (Å²) in [4.78, 5) is 3.96. The fourth-order valence-electron chi connectivity index (χ4n) is 1.69. The Labute approximate surface area is 116 Å². The highest BCUT2D eigenvalue weighted by molar-refractivity contribution is 7.89. The van der Waals surface area contributed by atoms with Crippen molar-refractivity contribution in [2.24, 2.45) is 0 Å². The fraction of sp³-hybridized carbons (Fsp3) is 0.154. The van der Waals surface area contributed by atoms with Gasteiger partial charge in [-0.2, -0.15) is 0 Å². The minimum absolute atomic E-state index is 0.0267. The SMILES string of the molecule is CNc1ncccc1S(=O)(=O)NCc1ccccc1F. The predicted octanol–water partition coefficient (Wildman–Crippen LogP) is 1.74. The number of hydrogen-bond donors (Lipinski definition) is 2. The second-order valence-electron chi connectivity index (χ2n) is 4.02. The van der Waals surface area contributed by atoms with Gasteiger partial charge in [-0.25, -0.2) is 22.5 Å². The van der Waals surface area contributed by atoms with Gasteiger partial charge >= 0.3 is 0 Å². The number of benzene rings is 1. The second-order valence-corrected chi connectivity index (χ2v) is 5.75. The van der Waals surface area contributed by atoms with Gasteiger partial charge in [0.15, 0.2) is 0 Å². The molecule has 0 aliphatic rings. The Bertz CT molecular complexity index is 704. The molecule has 0 atom stereocenters. The first-order valence-electron chi connectivity index (χ1n) is 5.90. The number of rotatable bonds is 5. The van der Waals surface area contributed by atoms with Gasteiger partial charge in [0, 0.05) is 25.4 Å². The molecule has 0 aliphatic carbocycles. The van der Waals surface area contributed by atoms with Crippen LogP contribution in [0.3, 0.4) is 0 Å². The Hall–Kier alpha value is -1.99. The van der Waals surface area contributed by atoms with Gasteiger partial charge in [0.05, 0.1) is 0 Å². The number of hydrogen-bond acceptors (Lipinski definition) is 4. The topological polar surface area (TPSA) is 71.1 Å². The molecule has 1 heterocycles. The molecule has 2 N–H and O–H groups in total. The molecule has 2 rings (SSSR count). The number of nitrogens with zero attached hydrogens (tertiary/aromatic N) is 1. The Morgan fingerprint density at radius 2 is 1.95 bits per heavy atom. The lowest BCUT2D eigenvalue weighted by Gasteiger charge is -2.10. The zero-order chi connectivity index (χ0) is 14.6. The summed E-state index contributed by atoms with van der Waals surface area (Å²) in [6.45, 7) is -0.118. The lowest BCUT2D eigenvalue weighted by atomic mass is 10.2. The Morgan fingerprint density at radius 3 is 2.65 bits per heavy atom. The molecule has 0 aliphatic heterocycles. The van der Waals surface area contributed by atoms with Crippen molar-refractivity contribution in [1.82, 2.24) is 9.71 Å². The number of sulfonamides is 1. The first kappa shape index (κ1) is 14.4. The van der Waals surface area contributed by atoms with Crippen LogP contribution in [0.4, 0.5) is 10.2 Å². The maximum absolute atomic E-state index is 13.5. The van der Waals surface area contributed by atoms with Gasteiger partial charge in [-0.05, 0) is 18.2 Å². The van der Waals surface area contributed by atoms with Crippen LogP contribution in [0.2, 0.25) is 0 Å². The van der Waals surface area contributed by atoms with E-state index in [1.54, 1.807) is 19.2 Å². The predicted molar refractivity (Wildman–Crippen MR) is 74.2 cm³/mol. The number of aromatic nitrogens is 1. The number of halogens is 1. The van der Waals surface area contributed by atoms with E-state index in [1.807, 2.05) is 0 Å². The lowest BCUT2D eigenvalue weighted by molar-refractivity contribution is 0.574. The molecule has 0 saturated carbocycles. The monoisotopic (exact) mass is 295 g/mol. The van der Waals surface area contributed by atoms with E-state index in [9.17, 15) is 12.8 Å². The van der Waals surface area contributed by atoms with E-state index in [0.29, 0.717) is 0 Å². The van der Waals surface area contributed by atoms with Gasteiger partial charge in [-0.1, -0.05) is 18.2 Å². The van der Waals surface area contributed by atoms with Gasteiger partial charge in [0.1, 0.15) is 16.5 Å². The van der Waals surface area contributed by atoms with Gasteiger partial charge in [-0.15, -0.1) is 0 Å². The number of nitrogens with one attached hydrogen (secondary N) is 2. The summed E-state index contributed by atoms with van der Waals surface area (Å²) in [5.74, 6) is -0.205. The Balaban J connectivity index is 2.22. The zero-order valence-corrected chi connectivity index (χ0v) is 11.6. The van der Waals surface area contributed by atoms with E-state index in [4.69, 9.17) is 0 Å². The smallest absolute Gasteiger partial charge is 0.244 e. The molecule has 1 aromatic heterocycles. The first-order valence-corrected chi connectivity index (χ1v) is 7.39. The van der Waals surface area contributed by atoms with Crippen LogP contribution in [0.5, 0.6) is 0 Å². The molecule has 0 amide bonds. The molecule has 2 aromatic rings. The van der Waals surface area contributed by atoms with E-state index in [-0.39, 0.29) is 22.8 Å². The van der Waals surface area contributed by atoms with E-state index in [2.05, 4.69) is 15.0 Å². The van der Waals surface area contributed by atoms with Crippen LogP contribution in [0, 0.1) is 5.82 Å². The second kappa shape index (κ2) is 5.98. The van der Waals surface area contributed by atoms with Crippen molar-refractivity contribution in [2.45, 2.75) is 11.4 Å². The molecule has 5 nitrogen and oxygen atoms in total. The fourth-order valence-corrected chi connectivity index (χ4v) is 2.86. The molecule has 0 fully saturated rings. The summed E-state index contributed by atoms with van der Waals surface area (Å²) < 4.78 is 40.2. The highest BCUT2D eigenvalue weighted by atomic mass is 32.2. The van der Waals surface area contributed by atoms with Crippen LogP contribution < -0.4 is 10.0 Å². The normalized spacial score (nSPS) is 11.3. The van der Waals surface area contributed by atoms with Crippen molar-refractivity contribution < 1.29 is 12.8 Å². The van der Waals surface area contributed by atoms with Crippen molar-refractivity contribution >= 4 is 15.8 Å². The van der Waals surface area contributed by atoms with E-state index in [1.165, 1.54) is 30.5 Å². The molecule has 0 bridgehead atoms. The highest BCUT2D eigenvalue weighted by Crippen LogP contribution is 2.17. The third-order valence-corrected chi connectivity index (χ3v) is 4.14. The summed E-state index contributed by atoms with van der Waals surface area (Å²) in [5.41, 5.74) is 0.283. The van der Waals surface area contributed by atoms with Crippen molar-refractivity contribution in [3.8, 4) is 0 Å². The molecule has 106 valence electrons. The molecule has 1 aromatic carbocycles. The molecule has 0 unspecified atom stereocenters. The standard InChI is InChI=1S/C13H14FN3O2S/c1-15-13-12(7-4-8-16-13)20(18,19)17-9-10-5-2-3-6-11(10)14/h2-8,17H,9H2,1H3,(H,15,16). The van der Waals surface area contributed by atoms with Crippen molar-refractivity contribution in [1.29, 1.82) is 0 Å². The molecule has 7 heteroatoms. The maximum atomic E-state index is 13.5. The Morgan fingerprint density at radius 1 is 1.20 bits per heavy atom. The molecular weight excluding hydrogens is 281 g/mol. The van der Waals surface area contributed by atoms with Crippen LogP contribution >= 0.6 is 0 Å². The van der Waals surface area contributed by atoms with Gasteiger partial charge in [-0.3, -0.25) is 0 Å². The van der Waals surface area contributed by atoms with Crippen molar-refractivity contribution in [3.63, 3.8) is 0 Å². The van der Waals surface area contributed by atoms with E-state index >= 15 is 0 Å². The zero-order valence-electron chi connectivity index (χ0n) is 10.8. The number of anilines is 1. The number of pyridine rings is 1. The van der Waals surface area contributed by atoms with Gasteiger partial charge < -0.3 is 5.32 Å². The Kier molecular flexibility index (Phi) is 4.31. The average Bonchev–Trinajstić information content (AvgIpc) is 2.46. The van der Waals surface area contributed by atoms with Crippen LogP contribution in [-0.4, -0.2) is 20.4 Å². The molecule has 20 heavy (non-hydrogen) atoms. The summed E-state index contributed by atoms with van der Waals surface area (Å²) in [5, 5.41) is 2.71. The van der Waals surface area contributed by atoms with Crippen molar-refractivity contribution in [2.75, 3.05) is 12.4 Å². The van der Waals surface area contributed by atoms with Crippen LogP contribution in [0.15, 0.2) is 47.5 Å². The van der Waals surface area contributed by atoms with Crippen LogP contribution in [-0.2, 0) is 16.6 Å². The summed E-state index contributed by atoms with van der Waals surface area (Å²) in [7, 11) is -2.18. The van der Waals surface area contributed by atoms with Crippen LogP contribution in [0.25, 0.3) is 0 Å². The third kappa shape index (κ3) is 3.12. The van der Waals surface area contributed by atoms with Crippen molar-refractivity contribution in [3.05, 3.63) is 54.0 Å². The average molecular weight is 295 g/mol. The van der Waals surface area contributed by atoms with Gasteiger partial charge in [0.25, 0.3) is 0 Å². The molecule has 0 saturated heterocycles. The molecule has 0 spiro atoms. The minimum atomic E-state index is -3.76. The highest BCUT2D eigenvalue weighted by Gasteiger charge is 2.18. The van der Waals surface area contributed by atoms with E-state index < -0.39 is 15.8 Å². The lowest BCUT2D eigenvalue weighted by Crippen LogP contribution is -2.24. The largest absolute Gasteiger partial charge is 0.372 e. The minimum Gasteiger partial charge on any atom is -0.372 e.